The molecule has 3 heterocycles. The molecule has 4 nitrogen and oxygen atoms in total. The van der Waals surface area contributed by atoms with Gasteiger partial charge in [-0.1, -0.05) is 13.8 Å². The second kappa shape index (κ2) is 6.50. The highest BCUT2D eigenvalue weighted by Crippen LogP contribution is 2.35. The zero-order chi connectivity index (χ0) is 15.7. The van der Waals surface area contributed by atoms with Crippen molar-refractivity contribution in [3.8, 4) is 0 Å². The minimum atomic E-state index is 0.270. The average Bonchev–Trinajstić information content (AvgIpc) is 2.88. The summed E-state index contributed by atoms with van der Waals surface area (Å²) in [6.07, 6.45) is 3.30. The van der Waals surface area contributed by atoms with Gasteiger partial charge in [0, 0.05) is 19.7 Å². The van der Waals surface area contributed by atoms with Crippen molar-refractivity contribution in [1.82, 2.24) is 9.97 Å². The topological polar surface area (TPSA) is 49.2 Å². The third-order valence-electron chi connectivity index (χ3n) is 4.31. The van der Waals surface area contributed by atoms with Gasteiger partial charge in [0.15, 0.2) is 0 Å². The van der Waals surface area contributed by atoms with Gasteiger partial charge in [0.1, 0.15) is 16.5 Å². The van der Waals surface area contributed by atoms with Crippen LogP contribution in [0, 0.1) is 18.8 Å². The Balaban J connectivity index is 2.04. The Morgan fingerprint density at radius 1 is 1.41 bits per heavy atom. The Morgan fingerprint density at radius 2 is 2.23 bits per heavy atom. The molecule has 22 heavy (non-hydrogen) atoms. The number of rotatable bonds is 4. The van der Waals surface area contributed by atoms with Crippen LogP contribution < -0.4 is 4.90 Å². The number of piperidine rings is 1. The summed E-state index contributed by atoms with van der Waals surface area (Å²) in [5, 5.41) is 13.0. The van der Waals surface area contributed by atoms with Crippen LogP contribution in [0.4, 0.5) is 5.82 Å². The fraction of sp³-hybridized carbons (Fsp3) is 0.647. The number of aromatic nitrogens is 2. The molecule has 0 radical (unpaired) electrons. The van der Waals surface area contributed by atoms with Crippen molar-refractivity contribution < 1.29 is 5.11 Å². The summed E-state index contributed by atoms with van der Waals surface area (Å²) < 4.78 is 0. The molecule has 0 aromatic carbocycles. The van der Waals surface area contributed by atoms with E-state index >= 15 is 0 Å². The first kappa shape index (κ1) is 15.7. The van der Waals surface area contributed by atoms with Gasteiger partial charge in [-0.05, 0) is 49.0 Å². The Morgan fingerprint density at radius 3 is 2.95 bits per heavy atom. The van der Waals surface area contributed by atoms with E-state index in [1.807, 2.05) is 6.92 Å². The molecule has 120 valence electrons. The molecular weight excluding hydrogens is 294 g/mol. The van der Waals surface area contributed by atoms with Gasteiger partial charge in [-0.15, -0.1) is 11.3 Å². The smallest absolute Gasteiger partial charge is 0.141 e. The molecule has 1 atom stereocenters. The highest BCUT2D eigenvalue weighted by atomic mass is 32.1. The van der Waals surface area contributed by atoms with E-state index in [0.29, 0.717) is 11.8 Å². The number of hydrogen-bond acceptors (Lipinski definition) is 5. The Bertz CT molecular complexity index is 653. The summed E-state index contributed by atoms with van der Waals surface area (Å²) in [6, 6.07) is 0. The van der Waals surface area contributed by atoms with Crippen LogP contribution >= 0.6 is 11.3 Å². The maximum absolute atomic E-state index is 9.50. The second-order valence-electron chi connectivity index (χ2n) is 6.77. The highest BCUT2D eigenvalue weighted by molar-refractivity contribution is 7.17. The van der Waals surface area contributed by atoms with Crippen molar-refractivity contribution in [1.29, 1.82) is 0 Å². The molecule has 0 saturated carbocycles. The van der Waals surface area contributed by atoms with Crippen LogP contribution in [-0.2, 0) is 6.42 Å². The molecule has 1 saturated heterocycles. The molecule has 1 aliphatic heterocycles. The van der Waals surface area contributed by atoms with E-state index in [-0.39, 0.29) is 6.61 Å². The van der Waals surface area contributed by atoms with Crippen molar-refractivity contribution in [2.45, 2.75) is 40.0 Å². The summed E-state index contributed by atoms with van der Waals surface area (Å²) in [5.41, 5.74) is 1.37. The largest absolute Gasteiger partial charge is 0.396 e. The van der Waals surface area contributed by atoms with Gasteiger partial charge < -0.3 is 10.0 Å². The van der Waals surface area contributed by atoms with E-state index in [1.54, 1.807) is 11.3 Å². The average molecular weight is 319 g/mol. The third-order valence-corrected chi connectivity index (χ3v) is 5.23. The molecule has 3 rings (SSSR count). The molecule has 5 heteroatoms. The van der Waals surface area contributed by atoms with Crippen molar-refractivity contribution in [2.75, 3.05) is 24.6 Å². The van der Waals surface area contributed by atoms with Gasteiger partial charge in [-0.2, -0.15) is 0 Å². The Kier molecular flexibility index (Phi) is 4.64. The Hall–Kier alpha value is -1.20. The first-order chi connectivity index (χ1) is 10.6. The van der Waals surface area contributed by atoms with Crippen LogP contribution in [0.5, 0.6) is 0 Å². The first-order valence-corrected chi connectivity index (χ1v) is 9.07. The van der Waals surface area contributed by atoms with Gasteiger partial charge in [-0.3, -0.25) is 0 Å². The lowest BCUT2D eigenvalue weighted by Crippen LogP contribution is -2.37. The highest BCUT2D eigenvalue weighted by Gasteiger charge is 2.24. The van der Waals surface area contributed by atoms with Crippen LogP contribution in [0.25, 0.3) is 10.2 Å². The second-order valence-corrected chi connectivity index (χ2v) is 7.63. The number of thiophene rings is 1. The molecule has 0 spiro atoms. The molecule has 1 unspecified atom stereocenters. The number of aryl methyl sites for hydroxylation is 1. The Labute approximate surface area is 136 Å². The minimum Gasteiger partial charge on any atom is -0.396 e. The van der Waals surface area contributed by atoms with E-state index in [0.717, 1.165) is 48.8 Å². The number of nitrogens with zero attached hydrogens (tertiary/aromatic N) is 3. The summed E-state index contributed by atoms with van der Waals surface area (Å²) in [4.78, 5) is 12.9. The molecule has 1 N–H and O–H groups in total. The molecule has 1 aliphatic rings. The fourth-order valence-electron chi connectivity index (χ4n) is 3.31. The molecule has 0 aliphatic carbocycles. The zero-order valence-corrected chi connectivity index (χ0v) is 14.5. The summed E-state index contributed by atoms with van der Waals surface area (Å²) >= 11 is 1.73. The van der Waals surface area contributed by atoms with E-state index in [4.69, 9.17) is 4.98 Å². The summed E-state index contributed by atoms with van der Waals surface area (Å²) in [5.74, 6) is 2.91. The predicted molar refractivity (Wildman–Crippen MR) is 92.7 cm³/mol. The summed E-state index contributed by atoms with van der Waals surface area (Å²) in [6.45, 7) is 8.67. The number of aliphatic hydroxyl groups is 1. The van der Waals surface area contributed by atoms with Gasteiger partial charge in [0.25, 0.3) is 0 Å². The zero-order valence-electron chi connectivity index (χ0n) is 13.7. The molecule has 2 aromatic rings. The number of hydrogen-bond donors (Lipinski definition) is 1. The van der Waals surface area contributed by atoms with Crippen molar-refractivity contribution in [3.63, 3.8) is 0 Å². The van der Waals surface area contributed by atoms with Crippen LogP contribution in [-0.4, -0.2) is 34.8 Å². The molecule has 0 bridgehead atoms. The normalized spacial score (nSPS) is 19.3. The maximum Gasteiger partial charge on any atom is 0.141 e. The standard InChI is InChI=1S/C17H25N3OS/c1-11(2)7-14-10-22-17-15(14)16(18-12(3)19-17)20-6-4-5-13(8-20)9-21/h10-11,13,21H,4-9H2,1-3H3. The lowest BCUT2D eigenvalue weighted by Gasteiger charge is -2.33. The molecule has 1 fully saturated rings. The van der Waals surface area contributed by atoms with Crippen molar-refractivity contribution >= 4 is 27.4 Å². The van der Waals surface area contributed by atoms with Gasteiger partial charge in [-0.25, -0.2) is 9.97 Å². The SMILES string of the molecule is Cc1nc(N2CCCC(CO)C2)c2c(CC(C)C)csc2n1. The van der Waals surface area contributed by atoms with Crippen LogP contribution in [0.2, 0.25) is 0 Å². The fourth-order valence-corrected chi connectivity index (χ4v) is 4.30. The first-order valence-electron chi connectivity index (χ1n) is 8.19. The van der Waals surface area contributed by atoms with Crippen molar-refractivity contribution in [3.05, 3.63) is 16.8 Å². The van der Waals surface area contributed by atoms with Gasteiger partial charge in [0.2, 0.25) is 0 Å². The van der Waals surface area contributed by atoms with Gasteiger partial charge in [0.05, 0.1) is 5.39 Å². The molecule has 2 aromatic heterocycles. The number of fused-ring (bicyclic) bond motifs is 1. The van der Waals surface area contributed by atoms with E-state index in [1.165, 1.54) is 10.9 Å². The quantitative estimate of drug-likeness (QED) is 0.938. The number of aliphatic hydroxyl groups excluding tert-OH is 1. The third kappa shape index (κ3) is 3.10. The molecule has 0 amide bonds. The van der Waals surface area contributed by atoms with Crippen LogP contribution in [0.1, 0.15) is 38.1 Å². The van der Waals surface area contributed by atoms with Gasteiger partial charge >= 0.3 is 0 Å². The monoisotopic (exact) mass is 319 g/mol. The lowest BCUT2D eigenvalue weighted by atomic mass is 9.98. The van der Waals surface area contributed by atoms with Crippen molar-refractivity contribution in [2.24, 2.45) is 11.8 Å². The predicted octanol–water partition coefficient (Wildman–Crippen LogP) is 3.41. The van der Waals surface area contributed by atoms with Crippen LogP contribution in [0.15, 0.2) is 5.38 Å². The maximum atomic E-state index is 9.50. The molecular formula is C17H25N3OS. The van der Waals surface area contributed by atoms with E-state index < -0.39 is 0 Å². The van der Waals surface area contributed by atoms with Crippen LogP contribution in [0.3, 0.4) is 0 Å². The summed E-state index contributed by atoms with van der Waals surface area (Å²) in [7, 11) is 0. The van der Waals surface area contributed by atoms with E-state index in [9.17, 15) is 5.11 Å². The lowest BCUT2D eigenvalue weighted by molar-refractivity contribution is 0.208. The van der Waals surface area contributed by atoms with E-state index in [2.05, 4.69) is 29.1 Å². The number of anilines is 1. The minimum absolute atomic E-state index is 0.270.